The van der Waals surface area contributed by atoms with E-state index in [4.69, 9.17) is 20.4 Å². The Balaban J connectivity index is 0. The van der Waals surface area contributed by atoms with Crippen molar-refractivity contribution in [1.82, 2.24) is 0 Å². The van der Waals surface area contributed by atoms with Crippen LogP contribution < -0.4 is 0 Å². The number of rotatable bonds is 6. The van der Waals surface area contributed by atoms with Gasteiger partial charge >= 0.3 is 0 Å². The Morgan fingerprint density at radius 2 is 1.00 bits per heavy atom. The molecule has 0 aliphatic rings. The molecule has 88 valence electrons. The summed E-state index contributed by atoms with van der Waals surface area (Å²) in [5, 5.41) is 33.4. The molecule has 0 heterocycles. The fraction of sp³-hybridized carbons (Fsp3) is 1.00. The highest BCUT2D eigenvalue weighted by Crippen LogP contribution is 1.96. The van der Waals surface area contributed by atoms with Gasteiger partial charge in [-0.3, -0.25) is 0 Å². The number of hydrogen-bond donors (Lipinski definition) is 4. The van der Waals surface area contributed by atoms with Crippen molar-refractivity contribution in [2.24, 2.45) is 0 Å². The van der Waals surface area contributed by atoms with E-state index in [9.17, 15) is 0 Å². The molecular weight excluding hydrogens is 184 g/mol. The first kappa shape index (κ1) is 16.3. The number of hydrogen-bond acceptors (Lipinski definition) is 4. The molecule has 0 aromatic carbocycles. The lowest BCUT2D eigenvalue weighted by atomic mass is 10.2. The van der Waals surface area contributed by atoms with E-state index < -0.39 is 12.2 Å². The summed E-state index contributed by atoms with van der Waals surface area (Å²) in [6.07, 6.45) is 2.64. The summed E-state index contributed by atoms with van der Waals surface area (Å²) in [4.78, 5) is 0. The van der Waals surface area contributed by atoms with E-state index in [0.717, 1.165) is 25.7 Å². The minimum absolute atomic E-state index is 0.283. The van der Waals surface area contributed by atoms with Crippen LogP contribution in [0.3, 0.4) is 0 Å². The molecule has 0 spiro atoms. The minimum Gasteiger partial charge on any atom is -0.396 e. The molecule has 0 rings (SSSR count). The molecule has 0 aromatic rings. The van der Waals surface area contributed by atoms with Crippen molar-refractivity contribution >= 4 is 0 Å². The summed E-state index contributed by atoms with van der Waals surface area (Å²) in [6, 6.07) is 0. The van der Waals surface area contributed by atoms with E-state index in [0.29, 0.717) is 0 Å². The Kier molecular flexibility index (Phi) is 14.9. The molecule has 0 bridgehead atoms. The third kappa shape index (κ3) is 17.8. The molecule has 0 saturated carbocycles. The lowest BCUT2D eigenvalue weighted by molar-refractivity contribution is 0.0438. The topological polar surface area (TPSA) is 80.9 Å². The van der Waals surface area contributed by atoms with Crippen LogP contribution in [0.4, 0.5) is 0 Å². The molecule has 0 amide bonds. The zero-order valence-corrected chi connectivity index (χ0v) is 9.19. The van der Waals surface area contributed by atoms with Crippen molar-refractivity contribution in [3.8, 4) is 0 Å². The highest BCUT2D eigenvalue weighted by molar-refractivity contribution is 4.50. The number of unbranched alkanes of at least 4 members (excludes halogenated alkanes) is 3. The van der Waals surface area contributed by atoms with Gasteiger partial charge in [0, 0.05) is 13.2 Å². The van der Waals surface area contributed by atoms with E-state index in [1.165, 1.54) is 0 Å². The van der Waals surface area contributed by atoms with Gasteiger partial charge in [-0.05, 0) is 26.7 Å². The maximum absolute atomic E-state index is 8.38. The van der Waals surface area contributed by atoms with Crippen LogP contribution in [-0.2, 0) is 0 Å². The van der Waals surface area contributed by atoms with Gasteiger partial charge in [-0.2, -0.15) is 0 Å². The summed E-state index contributed by atoms with van der Waals surface area (Å²) in [6.45, 7) is 3.66. The van der Waals surface area contributed by atoms with Gasteiger partial charge < -0.3 is 20.4 Å². The summed E-state index contributed by atoms with van der Waals surface area (Å²) >= 11 is 0. The molecule has 4 heteroatoms. The van der Waals surface area contributed by atoms with Gasteiger partial charge in [-0.1, -0.05) is 12.8 Å². The first-order chi connectivity index (χ1) is 6.56. The first-order valence-electron chi connectivity index (χ1n) is 5.14. The lowest BCUT2D eigenvalue weighted by Crippen LogP contribution is -2.17. The van der Waals surface area contributed by atoms with E-state index >= 15 is 0 Å². The Hall–Kier alpha value is -0.160. The van der Waals surface area contributed by atoms with Crippen LogP contribution in [0, 0.1) is 0 Å². The monoisotopic (exact) mass is 208 g/mol. The second-order valence-corrected chi connectivity index (χ2v) is 3.34. The predicted octanol–water partition coefficient (Wildman–Crippen LogP) is 0.279. The molecule has 0 aliphatic heterocycles. The van der Waals surface area contributed by atoms with Crippen LogP contribution in [0.1, 0.15) is 39.5 Å². The predicted molar refractivity (Wildman–Crippen MR) is 56.0 cm³/mol. The zero-order valence-electron chi connectivity index (χ0n) is 9.19. The van der Waals surface area contributed by atoms with Gasteiger partial charge in [0.2, 0.25) is 0 Å². The smallest absolute Gasteiger partial charge is 0.0768 e. The van der Waals surface area contributed by atoms with Crippen molar-refractivity contribution in [2.45, 2.75) is 51.7 Å². The third-order valence-electron chi connectivity index (χ3n) is 1.76. The van der Waals surface area contributed by atoms with Gasteiger partial charge in [0.05, 0.1) is 12.2 Å². The molecule has 2 unspecified atom stereocenters. The summed E-state index contributed by atoms with van der Waals surface area (Å²) in [5.41, 5.74) is 0. The quantitative estimate of drug-likeness (QED) is 0.473. The number of aliphatic hydroxyl groups is 4. The molecule has 4 N–H and O–H groups in total. The standard InChI is InChI=1S/C6H14O2.C4H10O2/c7-5-3-1-2-4-6-8;1-3(5)4(2)6/h7-8H,1-6H2;3-6H,1-2H3. The third-order valence-corrected chi connectivity index (χ3v) is 1.76. The Morgan fingerprint density at radius 3 is 1.14 bits per heavy atom. The highest BCUT2D eigenvalue weighted by atomic mass is 16.3. The van der Waals surface area contributed by atoms with Crippen LogP contribution in [-0.4, -0.2) is 45.8 Å². The second kappa shape index (κ2) is 12.8. The van der Waals surface area contributed by atoms with Gasteiger partial charge in [-0.15, -0.1) is 0 Å². The Bertz CT molecular complexity index is 82.1. The molecule has 0 saturated heterocycles. The minimum atomic E-state index is -0.593. The Morgan fingerprint density at radius 1 is 0.714 bits per heavy atom. The molecule has 0 radical (unpaired) electrons. The van der Waals surface area contributed by atoms with Crippen molar-refractivity contribution in [2.75, 3.05) is 13.2 Å². The molecule has 0 aliphatic carbocycles. The van der Waals surface area contributed by atoms with Gasteiger partial charge in [0.1, 0.15) is 0 Å². The van der Waals surface area contributed by atoms with Crippen LogP contribution in [0.25, 0.3) is 0 Å². The van der Waals surface area contributed by atoms with Crippen molar-refractivity contribution in [3.05, 3.63) is 0 Å². The van der Waals surface area contributed by atoms with Crippen LogP contribution in [0.2, 0.25) is 0 Å². The normalized spacial score (nSPS) is 14.1. The molecular formula is C10H24O4. The maximum Gasteiger partial charge on any atom is 0.0768 e. The highest BCUT2D eigenvalue weighted by Gasteiger charge is 1.99. The average molecular weight is 208 g/mol. The molecule has 14 heavy (non-hydrogen) atoms. The molecule has 0 aromatic heterocycles. The van der Waals surface area contributed by atoms with Crippen LogP contribution in [0.15, 0.2) is 0 Å². The summed E-state index contributed by atoms with van der Waals surface area (Å²) < 4.78 is 0. The van der Waals surface area contributed by atoms with Gasteiger partial charge in [0.15, 0.2) is 0 Å². The average Bonchev–Trinajstić information content (AvgIpc) is 2.13. The van der Waals surface area contributed by atoms with Crippen LogP contribution >= 0.6 is 0 Å². The molecule has 0 fully saturated rings. The van der Waals surface area contributed by atoms with E-state index in [2.05, 4.69) is 0 Å². The van der Waals surface area contributed by atoms with Gasteiger partial charge in [-0.25, -0.2) is 0 Å². The first-order valence-corrected chi connectivity index (χ1v) is 5.14. The van der Waals surface area contributed by atoms with E-state index in [-0.39, 0.29) is 13.2 Å². The summed E-state index contributed by atoms with van der Waals surface area (Å²) in [5.74, 6) is 0. The number of aliphatic hydroxyl groups excluding tert-OH is 4. The SMILES string of the molecule is CC(O)C(C)O.OCCCCCCO. The van der Waals surface area contributed by atoms with E-state index in [1.807, 2.05) is 0 Å². The van der Waals surface area contributed by atoms with Crippen molar-refractivity contribution < 1.29 is 20.4 Å². The van der Waals surface area contributed by atoms with Crippen molar-refractivity contribution in [1.29, 1.82) is 0 Å². The fourth-order valence-electron chi connectivity index (χ4n) is 0.577. The molecule has 4 nitrogen and oxygen atoms in total. The maximum atomic E-state index is 8.38. The van der Waals surface area contributed by atoms with Crippen LogP contribution in [0.5, 0.6) is 0 Å². The fourth-order valence-corrected chi connectivity index (χ4v) is 0.577. The largest absolute Gasteiger partial charge is 0.396 e. The lowest BCUT2D eigenvalue weighted by Gasteiger charge is -2.03. The van der Waals surface area contributed by atoms with E-state index in [1.54, 1.807) is 13.8 Å². The Labute approximate surface area is 86.2 Å². The van der Waals surface area contributed by atoms with Crippen molar-refractivity contribution in [3.63, 3.8) is 0 Å². The summed E-state index contributed by atoms with van der Waals surface area (Å²) in [7, 11) is 0. The van der Waals surface area contributed by atoms with Gasteiger partial charge in [0.25, 0.3) is 0 Å². The second-order valence-electron chi connectivity index (χ2n) is 3.34. The molecule has 2 atom stereocenters. The zero-order chi connectivity index (χ0) is 11.4.